The van der Waals surface area contributed by atoms with E-state index in [1.54, 1.807) is 12.1 Å². The minimum Gasteiger partial charge on any atom is -0.379 e. The van der Waals surface area contributed by atoms with Gasteiger partial charge in [0.1, 0.15) is 16.6 Å². The number of hydrogen-bond donors (Lipinski definition) is 3. The van der Waals surface area contributed by atoms with E-state index in [1.165, 1.54) is 47.9 Å². The number of nitriles is 1. The summed E-state index contributed by atoms with van der Waals surface area (Å²) in [6.07, 6.45) is 1.41. The summed E-state index contributed by atoms with van der Waals surface area (Å²) in [5, 5.41) is 16.3. The van der Waals surface area contributed by atoms with Gasteiger partial charge in [0.05, 0.1) is 34.4 Å². The van der Waals surface area contributed by atoms with Crippen molar-refractivity contribution in [3.05, 3.63) is 65.1 Å². The number of hydrogen-bond acceptors (Lipinski definition) is 10. The molecule has 2 aromatic carbocycles. The van der Waals surface area contributed by atoms with Crippen molar-refractivity contribution >= 4 is 65.5 Å². The van der Waals surface area contributed by atoms with E-state index in [1.807, 2.05) is 0 Å². The molecule has 3 heterocycles. The fraction of sp³-hybridized carbons (Fsp3) is 0.240. The maximum atomic E-state index is 13.6. The predicted octanol–water partition coefficient (Wildman–Crippen LogP) is 4.45. The molecule has 39 heavy (non-hydrogen) atoms. The van der Waals surface area contributed by atoms with E-state index < -0.39 is 15.8 Å². The Balaban J connectivity index is 1.29. The van der Waals surface area contributed by atoms with Crippen LogP contribution < -0.4 is 15.4 Å². The number of fused-ring (bicyclic) bond motifs is 1. The van der Waals surface area contributed by atoms with Gasteiger partial charge in [-0.3, -0.25) is 4.90 Å². The standard InChI is InChI=1S/C25H23ClFN7O3S2/c26-20-13-18(3-6-21(20)27)31-22-16(14-28)15-29-24-23(22)38-25(33-24)32-17-1-4-19(5-2-17)39(35,36)30-7-8-34-9-11-37-12-10-34/h1-6,13,15,30H,7-12H2,(H2,29,31,32,33). The van der Waals surface area contributed by atoms with Crippen molar-refractivity contribution in [2.24, 2.45) is 0 Å². The minimum atomic E-state index is -3.65. The number of anilines is 4. The van der Waals surface area contributed by atoms with Gasteiger partial charge < -0.3 is 15.4 Å². The summed E-state index contributed by atoms with van der Waals surface area (Å²) in [7, 11) is -3.65. The van der Waals surface area contributed by atoms with Crippen molar-refractivity contribution in [2.45, 2.75) is 4.90 Å². The van der Waals surface area contributed by atoms with E-state index in [2.05, 4.69) is 36.3 Å². The van der Waals surface area contributed by atoms with Gasteiger partial charge in [0.2, 0.25) is 10.0 Å². The van der Waals surface area contributed by atoms with Crippen molar-refractivity contribution in [1.29, 1.82) is 5.26 Å². The van der Waals surface area contributed by atoms with Crippen LogP contribution in [0, 0.1) is 17.1 Å². The van der Waals surface area contributed by atoms with E-state index in [-0.39, 0.29) is 15.5 Å². The molecule has 0 radical (unpaired) electrons. The van der Waals surface area contributed by atoms with Crippen LogP contribution in [0.3, 0.4) is 0 Å². The SMILES string of the molecule is N#Cc1cnc2nc(Nc3ccc(S(=O)(=O)NCCN4CCOCC4)cc3)sc2c1Nc1ccc(F)c(Cl)c1. The van der Waals surface area contributed by atoms with Crippen molar-refractivity contribution in [1.82, 2.24) is 19.6 Å². The van der Waals surface area contributed by atoms with Gasteiger partial charge in [-0.2, -0.15) is 10.2 Å². The maximum absolute atomic E-state index is 13.6. The largest absolute Gasteiger partial charge is 0.379 e. The Morgan fingerprint density at radius 1 is 1.13 bits per heavy atom. The number of aromatic nitrogens is 2. The van der Waals surface area contributed by atoms with E-state index in [0.29, 0.717) is 58.8 Å². The molecule has 4 aromatic rings. The molecule has 0 aliphatic carbocycles. The molecule has 0 unspecified atom stereocenters. The van der Waals surface area contributed by atoms with Crippen molar-refractivity contribution in [3.8, 4) is 6.07 Å². The first-order chi connectivity index (χ1) is 18.8. The second-order valence-corrected chi connectivity index (χ2v) is 11.8. The fourth-order valence-electron chi connectivity index (χ4n) is 3.94. The summed E-state index contributed by atoms with van der Waals surface area (Å²) >= 11 is 7.16. The number of nitrogens with zero attached hydrogens (tertiary/aromatic N) is 4. The third kappa shape index (κ3) is 6.44. The number of rotatable bonds is 9. The molecule has 3 N–H and O–H groups in total. The smallest absolute Gasteiger partial charge is 0.240 e. The number of ether oxygens (including phenoxy) is 1. The lowest BCUT2D eigenvalue weighted by Gasteiger charge is -2.26. The average Bonchev–Trinajstić information content (AvgIpc) is 3.34. The number of sulfonamides is 1. The molecule has 1 fully saturated rings. The highest BCUT2D eigenvalue weighted by molar-refractivity contribution is 7.89. The minimum absolute atomic E-state index is 0.0479. The summed E-state index contributed by atoms with van der Waals surface area (Å²) in [4.78, 5) is 11.1. The highest BCUT2D eigenvalue weighted by atomic mass is 35.5. The predicted molar refractivity (Wildman–Crippen MR) is 149 cm³/mol. The molecule has 1 aliphatic heterocycles. The first kappa shape index (κ1) is 27.2. The highest BCUT2D eigenvalue weighted by Gasteiger charge is 2.17. The molecule has 0 spiro atoms. The van der Waals surface area contributed by atoms with Crippen molar-refractivity contribution in [3.63, 3.8) is 0 Å². The average molecular weight is 588 g/mol. The number of halogens is 2. The molecule has 0 saturated carbocycles. The van der Waals surface area contributed by atoms with Crippen LogP contribution >= 0.6 is 22.9 Å². The van der Waals surface area contributed by atoms with Crippen LogP contribution in [-0.2, 0) is 14.8 Å². The summed E-state index contributed by atoms with van der Waals surface area (Å²) in [6, 6.07) is 12.6. The Bertz CT molecular complexity index is 1640. The van der Waals surface area contributed by atoms with Crippen LogP contribution in [-0.4, -0.2) is 62.7 Å². The lowest BCUT2D eigenvalue weighted by Crippen LogP contribution is -2.41. The number of nitrogens with one attached hydrogen (secondary N) is 3. The molecular weight excluding hydrogens is 565 g/mol. The lowest BCUT2D eigenvalue weighted by molar-refractivity contribution is 0.0390. The Morgan fingerprint density at radius 2 is 1.87 bits per heavy atom. The van der Waals surface area contributed by atoms with E-state index >= 15 is 0 Å². The Morgan fingerprint density at radius 3 is 2.59 bits per heavy atom. The molecule has 10 nitrogen and oxygen atoms in total. The molecule has 14 heteroatoms. The molecule has 202 valence electrons. The molecule has 0 bridgehead atoms. The van der Waals surface area contributed by atoms with Gasteiger partial charge in [-0.1, -0.05) is 22.9 Å². The van der Waals surface area contributed by atoms with Crippen LogP contribution in [0.2, 0.25) is 5.02 Å². The summed E-state index contributed by atoms with van der Waals surface area (Å²) in [5.41, 5.74) is 2.29. The zero-order valence-electron chi connectivity index (χ0n) is 20.4. The van der Waals surface area contributed by atoms with Gasteiger partial charge in [0.15, 0.2) is 10.8 Å². The monoisotopic (exact) mass is 587 g/mol. The summed E-state index contributed by atoms with van der Waals surface area (Å²) < 4.78 is 47.5. The van der Waals surface area contributed by atoms with Gasteiger partial charge in [-0.05, 0) is 42.5 Å². The molecule has 0 amide bonds. The topological polar surface area (TPSA) is 132 Å². The highest BCUT2D eigenvalue weighted by Crippen LogP contribution is 2.36. The first-order valence-electron chi connectivity index (χ1n) is 11.9. The molecule has 1 aliphatic rings. The van der Waals surface area contributed by atoms with Gasteiger partial charge in [0.25, 0.3) is 0 Å². The zero-order valence-corrected chi connectivity index (χ0v) is 22.8. The number of thiazole rings is 1. The van der Waals surface area contributed by atoms with E-state index in [4.69, 9.17) is 16.3 Å². The second-order valence-electron chi connectivity index (χ2n) is 8.59. The molecule has 2 aromatic heterocycles. The third-order valence-corrected chi connectivity index (χ3v) is 8.71. The van der Waals surface area contributed by atoms with Crippen LogP contribution in [0.15, 0.2) is 53.6 Å². The quantitative estimate of drug-likeness (QED) is 0.260. The molecule has 5 rings (SSSR count). The zero-order chi connectivity index (χ0) is 27.4. The van der Waals surface area contributed by atoms with E-state index in [9.17, 15) is 18.1 Å². The summed E-state index contributed by atoms with van der Waals surface area (Å²) in [6.45, 7) is 3.83. The van der Waals surface area contributed by atoms with Gasteiger partial charge in [0, 0.05) is 43.8 Å². The Kier molecular flexibility index (Phi) is 8.22. The van der Waals surface area contributed by atoms with Crippen LogP contribution in [0.1, 0.15) is 5.56 Å². The first-order valence-corrected chi connectivity index (χ1v) is 14.6. The van der Waals surface area contributed by atoms with Gasteiger partial charge >= 0.3 is 0 Å². The second kappa shape index (κ2) is 11.8. The number of benzene rings is 2. The molecular formula is C25H23ClFN7O3S2. The van der Waals surface area contributed by atoms with Crippen LogP contribution in [0.25, 0.3) is 10.3 Å². The van der Waals surface area contributed by atoms with Gasteiger partial charge in [-0.25, -0.2) is 22.5 Å². The van der Waals surface area contributed by atoms with Crippen LogP contribution in [0.5, 0.6) is 0 Å². The lowest BCUT2D eigenvalue weighted by atomic mass is 10.2. The van der Waals surface area contributed by atoms with Crippen LogP contribution in [0.4, 0.5) is 26.6 Å². The van der Waals surface area contributed by atoms with E-state index in [0.717, 1.165) is 13.1 Å². The van der Waals surface area contributed by atoms with Crippen molar-refractivity contribution in [2.75, 3.05) is 50.0 Å². The molecule has 0 atom stereocenters. The third-order valence-electron chi connectivity index (χ3n) is 5.97. The summed E-state index contributed by atoms with van der Waals surface area (Å²) in [5.74, 6) is -0.547. The number of morpholine rings is 1. The Hall–Kier alpha value is -3.38. The van der Waals surface area contributed by atoms with Gasteiger partial charge in [-0.15, -0.1) is 0 Å². The Labute approximate surface area is 233 Å². The maximum Gasteiger partial charge on any atom is 0.240 e. The normalized spacial score (nSPS) is 14.3. The number of pyridine rings is 1. The van der Waals surface area contributed by atoms with Crippen molar-refractivity contribution < 1.29 is 17.5 Å². The molecule has 1 saturated heterocycles. The fourth-order valence-corrected chi connectivity index (χ4v) is 6.09.